The van der Waals surface area contributed by atoms with Crippen LogP contribution in [-0.2, 0) is 19.1 Å². The lowest BCUT2D eigenvalue weighted by molar-refractivity contribution is -0.166. The number of aliphatic carboxylic acids is 1. The molecule has 2 aromatic carbocycles. The van der Waals surface area contributed by atoms with Gasteiger partial charge in [0, 0.05) is 24.9 Å². The number of rotatable bonds is 7. The number of morpholine rings is 1. The van der Waals surface area contributed by atoms with E-state index in [2.05, 4.69) is 29.6 Å². The van der Waals surface area contributed by atoms with Gasteiger partial charge in [-0.05, 0) is 35.6 Å². The Morgan fingerprint density at radius 1 is 1.12 bits per heavy atom. The number of benzene rings is 2. The highest BCUT2D eigenvalue weighted by Gasteiger charge is 2.39. The van der Waals surface area contributed by atoms with E-state index in [1.165, 1.54) is 4.90 Å². The van der Waals surface area contributed by atoms with Crippen LogP contribution in [0.25, 0.3) is 11.1 Å². The number of carboxylic acids is 1. The van der Waals surface area contributed by atoms with Gasteiger partial charge in [-0.1, -0.05) is 55.5 Å². The third-order valence-electron chi connectivity index (χ3n) is 6.64. The van der Waals surface area contributed by atoms with E-state index in [0.29, 0.717) is 13.0 Å². The molecule has 2 aromatic rings. The van der Waals surface area contributed by atoms with Crippen molar-refractivity contribution in [3.05, 3.63) is 59.7 Å². The zero-order valence-electron chi connectivity index (χ0n) is 19.4. The summed E-state index contributed by atoms with van der Waals surface area (Å²) in [6.07, 6.45) is -0.729. The van der Waals surface area contributed by atoms with Gasteiger partial charge in [0.15, 0.2) is 6.04 Å². The molecule has 4 rings (SSSR count). The molecule has 0 radical (unpaired) electrons. The minimum atomic E-state index is -1.08. The monoisotopic (exact) mass is 466 g/mol. The van der Waals surface area contributed by atoms with E-state index in [4.69, 9.17) is 9.47 Å². The van der Waals surface area contributed by atoms with Gasteiger partial charge in [-0.25, -0.2) is 9.59 Å². The molecule has 1 aliphatic carbocycles. The van der Waals surface area contributed by atoms with Gasteiger partial charge in [-0.15, -0.1) is 0 Å². The van der Waals surface area contributed by atoms with E-state index in [-0.39, 0.29) is 31.5 Å². The predicted molar refractivity (Wildman–Crippen MR) is 125 cm³/mol. The molecule has 1 aliphatic heterocycles. The van der Waals surface area contributed by atoms with E-state index in [1.54, 1.807) is 13.8 Å². The highest BCUT2D eigenvalue weighted by molar-refractivity contribution is 5.85. The maximum atomic E-state index is 12.8. The molecule has 3 unspecified atom stereocenters. The number of ether oxygens (including phenoxy) is 2. The van der Waals surface area contributed by atoms with Crippen LogP contribution < -0.4 is 5.32 Å². The predicted octanol–water partition coefficient (Wildman–Crippen LogP) is 3.25. The Labute approximate surface area is 198 Å². The Kier molecular flexibility index (Phi) is 7.17. The second kappa shape index (κ2) is 10.3. The average molecular weight is 467 g/mol. The summed E-state index contributed by atoms with van der Waals surface area (Å²) in [6.45, 7) is 4.41. The number of hydrogen-bond acceptors (Lipinski definition) is 5. The largest absolute Gasteiger partial charge is 0.480 e. The van der Waals surface area contributed by atoms with Crippen molar-refractivity contribution in [2.45, 2.75) is 38.3 Å². The molecule has 0 bridgehead atoms. The summed E-state index contributed by atoms with van der Waals surface area (Å²) in [5, 5.41) is 12.2. The van der Waals surface area contributed by atoms with E-state index in [0.717, 1.165) is 22.3 Å². The quantitative estimate of drug-likeness (QED) is 0.649. The highest BCUT2D eigenvalue weighted by atomic mass is 16.5. The van der Waals surface area contributed by atoms with Crippen LogP contribution in [0.15, 0.2) is 48.5 Å². The average Bonchev–Trinajstić information content (AvgIpc) is 3.15. The van der Waals surface area contributed by atoms with Crippen molar-refractivity contribution in [2.24, 2.45) is 5.92 Å². The molecule has 0 spiro atoms. The number of carbonyl (C=O) groups excluding carboxylic acids is 2. The third-order valence-corrected chi connectivity index (χ3v) is 6.64. The molecule has 2 aliphatic rings. The zero-order valence-corrected chi connectivity index (χ0v) is 19.4. The molecule has 2 N–H and O–H groups in total. The molecule has 1 saturated heterocycles. The molecule has 8 nitrogen and oxygen atoms in total. The molecule has 8 heteroatoms. The minimum Gasteiger partial charge on any atom is -0.480 e. The normalized spacial score (nSPS) is 20.2. The molecule has 1 heterocycles. The molecular formula is C26H30N2O6. The van der Waals surface area contributed by atoms with Crippen LogP contribution in [0.5, 0.6) is 0 Å². The first kappa shape index (κ1) is 23.8. The second-order valence-corrected chi connectivity index (χ2v) is 8.83. The number of nitrogens with one attached hydrogen (secondary N) is 1. The molecule has 3 atom stereocenters. The maximum absolute atomic E-state index is 12.8. The second-order valence-electron chi connectivity index (χ2n) is 8.83. The lowest BCUT2D eigenvalue weighted by atomic mass is 9.98. The summed E-state index contributed by atoms with van der Waals surface area (Å²) in [4.78, 5) is 38.1. The first-order chi connectivity index (χ1) is 16.4. The van der Waals surface area contributed by atoms with Gasteiger partial charge < -0.3 is 24.8 Å². The van der Waals surface area contributed by atoms with Crippen molar-refractivity contribution in [1.82, 2.24) is 10.2 Å². The minimum absolute atomic E-state index is 0.0186. The smallest absolute Gasteiger partial charge is 0.407 e. The lowest BCUT2D eigenvalue weighted by Crippen LogP contribution is -2.57. The van der Waals surface area contributed by atoms with Crippen molar-refractivity contribution in [3.8, 4) is 11.1 Å². The van der Waals surface area contributed by atoms with Gasteiger partial charge >= 0.3 is 12.1 Å². The summed E-state index contributed by atoms with van der Waals surface area (Å²) >= 11 is 0. The van der Waals surface area contributed by atoms with Crippen LogP contribution >= 0.6 is 0 Å². The Balaban J connectivity index is 1.27. The zero-order chi connectivity index (χ0) is 24.2. The van der Waals surface area contributed by atoms with Crippen molar-refractivity contribution in [1.29, 1.82) is 0 Å². The Bertz CT molecular complexity index is 1030. The standard InChI is InChI=1S/C26H30N2O6/c1-16(24(29)28-13-14-33-17(2)23(28)25(30)31)11-12-27-26(32)34-15-22-20-9-5-3-7-18(20)19-8-4-6-10-21(19)22/h3-10,16-17,22-23H,11-15H2,1-2H3,(H,27,32)(H,30,31). The van der Waals surface area contributed by atoms with Crippen molar-refractivity contribution in [3.63, 3.8) is 0 Å². The Hall–Kier alpha value is -3.39. The summed E-state index contributed by atoms with van der Waals surface area (Å²) in [5.41, 5.74) is 4.61. The van der Waals surface area contributed by atoms with Crippen molar-refractivity contribution in [2.75, 3.05) is 26.3 Å². The number of amides is 2. The molecule has 0 aromatic heterocycles. The first-order valence-electron chi connectivity index (χ1n) is 11.6. The van der Waals surface area contributed by atoms with Crippen LogP contribution in [0.2, 0.25) is 0 Å². The van der Waals surface area contributed by atoms with Crippen molar-refractivity contribution < 1.29 is 29.0 Å². The SMILES string of the molecule is CC(CCNC(=O)OCC1c2ccccc2-c2ccccc21)C(=O)N1CCOC(C)C1C(=O)O. The fourth-order valence-corrected chi connectivity index (χ4v) is 4.85. The Morgan fingerprint density at radius 3 is 2.35 bits per heavy atom. The Morgan fingerprint density at radius 2 is 1.74 bits per heavy atom. The van der Waals surface area contributed by atoms with Gasteiger partial charge in [-0.2, -0.15) is 0 Å². The highest BCUT2D eigenvalue weighted by Crippen LogP contribution is 2.44. The molecule has 34 heavy (non-hydrogen) atoms. The summed E-state index contributed by atoms with van der Waals surface area (Å²) in [7, 11) is 0. The maximum Gasteiger partial charge on any atom is 0.407 e. The van der Waals surface area contributed by atoms with Gasteiger partial charge in [0.25, 0.3) is 0 Å². The van der Waals surface area contributed by atoms with E-state index in [1.807, 2.05) is 24.3 Å². The van der Waals surface area contributed by atoms with Crippen LogP contribution in [0.1, 0.15) is 37.3 Å². The fourth-order valence-electron chi connectivity index (χ4n) is 4.85. The third kappa shape index (κ3) is 4.77. The number of carboxylic acid groups (broad SMARTS) is 1. The van der Waals surface area contributed by atoms with Crippen LogP contribution in [0.3, 0.4) is 0 Å². The fraction of sp³-hybridized carbons (Fsp3) is 0.423. The van der Waals surface area contributed by atoms with Crippen molar-refractivity contribution >= 4 is 18.0 Å². The van der Waals surface area contributed by atoms with Gasteiger partial charge in [0.2, 0.25) is 5.91 Å². The number of hydrogen-bond donors (Lipinski definition) is 2. The molecule has 180 valence electrons. The van der Waals surface area contributed by atoms with Crippen LogP contribution in [-0.4, -0.2) is 66.4 Å². The van der Waals surface area contributed by atoms with E-state index < -0.39 is 30.1 Å². The summed E-state index contributed by atoms with van der Waals surface area (Å²) in [5.74, 6) is -1.79. The van der Waals surface area contributed by atoms with Gasteiger partial charge in [0.1, 0.15) is 6.61 Å². The first-order valence-corrected chi connectivity index (χ1v) is 11.6. The van der Waals surface area contributed by atoms with Gasteiger partial charge in [-0.3, -0.25) is 4.79 Å². The number of fused-ring (bicyclic) bond motifs is 3. The van der Waals surface area contributed by atoms with Crippen LogP contribution in [0, 0.1) is 5.92 Å². The van der Waals surface area contributed by atoms with E-state index >= 15 is 0 Å². The molecule has 0 saturated carbocycles. The number of alkyl carbamates (subject to hydrolysis) is 1. The summed E-state index contributed by atoms with van der Waals surface area (Å²) in [6, 6.07) is 15.3. The summed E-state index contributed by atoms with van der Waals surface area (Å²) < 4.78 is 10.9. The number of carbonyl (C=O) groups is 3. The van der Waals surface area contributed by atoms with Crippen LogP contribution in [0.4, 0.5) is 4.79 Å². The number of nitrogens with zero attached hydrogens (tertiary/aromatic N) is 1. The lowest BCUT2D eigenvalue weighted by Gasteiger charge is -2.38. The van der Waals surface area contributed by atoms with Gasteiger partial charge in [0.05, 0.1) is 12.7 Å². The van der Waals surface area contributed by atoms with E-state index in [9.17, 15) is 19.5 Å². The molecule has 2 amide bonds. The molecular weight excluding hydrogens is 436 g/mol. The molecule has 1 fully saturated rings. The topological polar surface area (TPSA) is 105 Å².